The van der Waals surface area contributed by atoms with E-state index in [4.69, 9.17) is 4.74 Å². The molecule has 4 nitrogen and oxygen atoms in total. The molecule has 1 atom stereocenters. The zero-order chi connectivity index (χ0) is 12.9. The molecule has 0 aliphatic heterocycles. The van der Waals surface area contributed by atoms with Gasteiger partial charge in [0.05, 0.1) is 6.61 Å². The molecular formula is C13H25NO3. The van der Waals surface area contributed by atoms with Crippen LogP contribution in [0.3, 0.4) is 0 Å². The van der Waals surface area contributed by atoms with Gasteiger partial charge in [0.25, 0.3) is 0 Å². The van der Waals surface area contributed by atoms with Crippen LogP contribution in [0.4, 0.5) is 0 Å². The Labute approximate surface area is 104 Å². The third-order valence-electron chi connectivity index (χ3n) is 3.99. The number of methoxy groups -OCH3 is 1. The average molecular weight is 243 g/mol. The van der Waals surface area contributed by atoms with Gasteiger partial charge in [-0.2, -0.15) is 0 Å². The smallest absolute Gasteiger partial charge is 0.326 e. The molecule has 4 heteroatoms. The monoisotopic (exact) mass is 243 g/mol. The number of carbonyl (C=O) groups is 1. The van der Waals surface area contributed by atoms with Gasteiger partial charge >= 0.3 is 5.97 Å². The van der Waals surface area contributed by atoms with E-state index >= 15 is 0 Å². The van der Waals surface area contributed by atoms with Crippen LogP contribution in [0.25, 0.3) is 0 Å². The van der Waals surface area contributed by atoms with Crippen molar-refractivity contribution in [1.29, 1.82) is 0 Å². The second kappa shape index (κ2) is 6.36. The number of hydrogen-bond donors (Lipinski definition) is 1. The van der Waals surface area contributed by atoms with Crippen LogP contribution in [0.2, 0.25) is 0 Å². The largest absolute Gasteiger partial charge is 0.480 e. The summed E-state index contributed by atoms with van der Waals surface area (Å²) in [6.45, 7) is 2.82. The van der Waals surface area contributed by atoms with Crippen molar-refractivity contribution in [2.75, 3.05) is 27.3 Å². The fraction of sp³-hybridized carbons (Fsp3) is 0.923. The molecule has 1 unspecified atom stereocenters. The Bertz CT molecular complexity index is 251. The van der Waals surface area contributed by atoms with Crippen LogP contribution in [0, 0.1) is 5.92 Å². The molecule has 0 radical (unpaired) electrons. The van der Waals surface area contributed by atoms with Gasteiger partial charge in [-0.3, -0.25) is 9.69 Å². The number of rotatable bonds is 6. The Balaban J connectivity index is 2.57. The van der Waals surface area contributed by atoms with E-state index in [1.807, 2.05) is 11.9 Å². The molecular weight excluding hydrogens is 218 g/mol. The van der Waals surface area contributed by atoms with Crippen LogP contribution in [0.1, 0.15) is 39.0 Å². The van der Waals surface area contributed by atoms with E-state index in [2.05, 4.69) is 0 Å². The van der Waals surface area contributed by atoms with Gasteiger partial charge in [-0.15, -0.1) is 0 Å². The maximum absolute atomic E-state index is 11.4. The average Bonchev–Trinajstić information content (AvgIpc) is 2.30. The van der Waals surface area contributed by atoms with E-state index < -0.39 is 11.5 Å². The number of likely N-dealkylation sites (N-methyl/N-ethyl adjacent to an activating group) is 1. The minimum Gasteiger partial charge on any atom is -0.480 e. The van der Waals surface area contributed by atoms with Crippen molar-refractivity contribution in [3.8, 4) is 0 Å². The predicted octanol–water partition coefficient (Wildman–Crippen LogP) is 1.99. The van der Waals surface area contributed by atoms with Crippen molar-refractivity contribution in [3.63, 3.8) is 0 Å². The summed E-state index contributed by atoms with van der Waals surface area (Å²) in [4.78, 5) is 13.3. The number of nitrogens with zero attached hydrogens (tertiary/aromatic N) is 1. The molecule has 0 aromatic heterocycles. The molecule has 1 saturated carbocycles. The highest BCUT2D eigenvalue weighted by molar-refractivity contribution is 5.78. The first-order valence-electron chi connectivity index (χ1n) is 6.44. The fourth-order valence-electron chi connectivity index (χ4n) is 2.57. The maximum Gasteiger partial charge on any atom is 0.326 e. The molecule has 0 heterocycles. The Morgan fingerprint density at radius 3 is 2.47 bits per heavy atom. The summed E-state index contributed by atoms with van der Waals surface area (Å²) in [5, 5.41) is 9.34. The Morgan fingerprint density at radius 1 is 1.41 bits per heavy atom. The van der Waals surface area contributed by atoms with Crippen molar-refractivity contribution in [2.24, 2.45) is 5.92 Å². The minimum absolute atomic E-state index is 0.228. The van der Waals surface area contributed by atoms with Crippen LogP contribution < -0.4 is 0 Å². The summed E-state index contributed by atoms with van der Waals surface area (Å²) in [5.41, 5.74) is -0.911. The molecule has 0 amide bonds. The van der Waals surface area contributed by atoms with Crippen molar-refractivity contribution >= 4 is 5.97 Å². The molecule has 0 spiro atoms. The van der Waals surface area contributed by atoms with Gasteiger partial charge in [-0.25, -0.2) is 0 Å². The highest BCUT2D eigenvalue weighted by atomic mass is 16.5. The van der Waals surface area contributed by atoms with Crippen LogP contribution in [-0.2, 0) is 9.53 Å². The topological polar surface area (TPSA) is 49.8 Å². The molecule has 1 rings (SSSR count). The van der Waals surface area contributed by atoms with E-state index in [0.29, 0.717) is 5.92 Å². The van der Waals surface area contributed by atoms with E-state index in [-0.39, 0.29) is 6.61 Å². The van der Waals surface area contributed by atoms with Crippen molar-refractivity contribution in [1.82, 2.24) is 4.90 Å². The van der Waals surface area contributed by atoms with E-state index in [0.717, 1.165) is 6.54 Å². The summed E-state index contributed by atoms with van der Waals surface area (Å²) >= 11 is 0. The molecule has 1 aliphatic rings. The lowest BCUT2D eigenvalue weighted by atomic mass is 9.88. The Hall–Kier alpha value is -0.610. The van der Waals surface area contributed by atoms with Crippen LogP contribution in [-0.4, -0.2) is 48.8 Å². The van der Waals surface area contributed by atoms with Crippen molar-refractivity contribution < 1.29 is 14.6 Å². The molecule has 0 saturated heterocycles. The first-order valence-corrected chi connectivity index (χ1v) is 6.44. The summed E-state index contributed by atoms with van der Waals surface area (Å²) < 4.78 is 5.06. The molecule has 0 bridgehead atoms. The van der Waals surface area contributed by atoms with Crippen LogP contribution in [0.5, 0.6) is 0 Å². The number of carboxylic acids is 1. The number of carboxylic acid groups (broad SMARTS) is 1. The first-order chi connectivity index (χ1) is 8.00. The third-order valence-corrected chi connectivity index (χ3v) is 3.99. The summed E-state index contributed by atoms with van der Waals surface area (Å²) in [6.07, 6.45) is 6.35. The van der Waals surface area contributed by atoms with Gasteiger partial charge in [0.1, 0.15) is 5.54 Å². The second-order valence-corrected chi connectivity index (χ2v) is 5.40. The lowest BCUT2D eigenvalue weighted by Crippen LogP contribution is -2.55. The van der Waals surface area contributed by atoms with Gasteiger partial charge in [0.2, 0.25) is 0 Å². The predicted molar refractivity (Wildman–Crippen MR) is 67.1 cm³/mol. The Kier molecular flexibility index (Phi) is 5.40. The minimum atomic E-state index is -0.911. The van der Waals surface area contributed by atoms with E-state index in [1.165, 1.54) is 32.1 Å². The molecule has 17 heavy (non-hydrogen) atoms. The molecule has 1 aliphatic carbocycles. The summed E-state index contributed by atoms with van der Waals surface area (Å²) in [7, 11) is 3.44. The van der Waals surface area contributed by atoms with Crippen molar-refractivity contribution in [2.45, 2.75) is 44.6 Å². The number of aliphatic carboxylic acids is 1. The van der Waals surface area contributed by atoms with Crippen LogP contribution >= 0.6 is 0 Å². The quantitative estimate of drug-likeness (QED) is 0.775. The molecule has 0 aromatic rings. The van der Waals surface area contributed by atoms with Gasteiger partial charge in [0.15, 0.2) is 0 Å². The highest BCUT2D eigenvalue weighted by Gasteiger charge is 2.38. The molecule has 100 valence electrons. The standard InChI is InChI=1S/C13H25NO3/c1-13(10-17-3,12(15)16)14(2)9-11-7-5-4-6-8-11/h11H,4-10H2,1-3H3,(H,15,16). The van der Waals surface area contributed by atoms with E-state index in [1.54, 1.807) is 14.0 Å². The third kappa shape index (κ3) is 3.68. The lowest BCUT2D eigenvalue weighted by molar-refractivity contribution is -0.153. The maximum atomic E-state index is 11.4. The number of ether oxygens (including phenoxy) is 1. The zero-order valence-corrected chi connectivity index (χ0v) is 11.2. The number of hydrogen-bond acceptors (Lipinski definition) is 3. The highest BCUT2D eigenvalue weighted by Crippen LogP contribution is 2.26. The molecule has 1 fully saturated rings. The van der Waals surface area contributed by atoms with Gasteiger partial charge in [-0.1, -0.05) is 19.3 Å². The Morgan fingerprint density at radius 2 is 2.00 bits per heavy atom. The molecule has 0 aromatic carbocycles. The van der Waals surface area contributed by atoms with E-state index in [9.17, 15) is 9.90 Å². The van der Waals surface area contributed by atoms with Gasteiger partial charge in [-0.05, 0) is 32.7 Å². The van der Waals surface area contributed by atoms with Crippen molar-refractivity contribution in [3.05, 3.63) is 0 Å². The van der Waals surface area contributed by atoms with Gasteiger partial charge < -0.3 is 9.84 Å². The normalized spacial score (nSPS) is 21.4. The molecule has 1 N–H and O–H groups in total. The van der Waals surface area contributed by atoms with Crippen LogP contribution in [0.15, 0.2) is 0 Å². The first kappa shape index (κ1) is 14.5. The summed E-state index contributed by atoms with van der Waals surface area (Å²) in [6, 6.07) is 0. The second-order valence-electron chi connectivity index (χ2n) is 5.40. The van der Waals surface area contributed by atoms with Gasteiger partial charge in [0, 0.05) is 13.7 Å². The summed E-state index contributed by atoms with van der Waals surface area (Å²) in [5.74, 6) is -0.165. The zero-order valence-electron chi connectivity index (χ0n) is 11.2. The SMILES string of the molecule is COCC(C)(C(=O)O)N(C)CC1CCCCC1. The lowest BCUT2D eigenvalue weighted by Gasteiger charge is -2.37. The fourth-order valence-corrected chi connectivity index (χ4v) is 2.57.